The molecule has 0 bridgehead atoms. The number of nitrogens with zero attached hydrogens (tertiary/aromatic N) is 5. The predicted molar refractivity (Wildman–Crippen MR) is 107 cm³/mol. The fraction of sp³-hybridized carbons (Fsp3) is 0.250. The van der Waals surface area contributed by atoms with Crippen LogP contribution in [0.1, 0.15) is 31.2 Å². The maximum atomic E-state index is 12.7. The summed E-state index contributed by atoms with van der Waals surface area (Å²) in [7, 11) is 0. The normalized spacial score (nSPS) is 15.2. The summed E-state index contributed by atoms with van der Waals surface area (Å²) < 4.78 is 6.26. The van der Waals surface area contributed by atoms with E-state index in [9.17, 15) is 4.79 Å². The number of ether oxygens (including phenoxy) is 1. The zero-order valence-corrected chi connectivity index (χ0v) is 16.6. The second kappa shape index (κ2) is 7.55. The Morgan fingerprint density at radius 2 is 2.14 bits per heavy atom. The summed E-state index contributed by atoms with van der Waals surface area (Å²) in [5.74, 6) is 1.03. The Kier molecular flexibility index (Phi) is 4.95. The van der Waals surface area contributed by atoms with Crippen LogP contribution in [0.4, 0.5) is 5.69 Å². The first kappa shape index (κ1) is 18.4. The van der Waals surface area contributed by atoms with E-state index < -0.39 is 6.23 Å². The molecule has 0 aliphatic carbocycles. The first-order valence-corrected chi connectivity index (χ1v) is 9.92. The number of aromatic nitrogens is 4. The lowest BCUT2D eigenvalue weighted by Crippen LogP contribution is -2.36. The summed E-state index contributed by atoms with van der Waals surface area (Å²) in [6, 6.07) is 9.53. The average Bonchev–Trinajstić information content (AvgIpc) is 2.83. The number of hydrogen-bond acceptors (Lipinski definition) is 7. The minimum Gasteiger partial charge on any atom is -0.447 e. The Hall–Kier alpha value is -3.00. The largest absolute Gasteiger partial charge is 0.447 e. The summed E-state index contributed by atoms with van der Waals surface area (Å²) in [5.41, 5.74) is 3.79. The van der Waals surface area contributed by atoms with Crippen molar-refractivity contribution in [3.63, 3.8) is 0 Å². The highest BCUT2D eigenvalue weighted by Crippen LogP contribution is 2.43. The molecule has 1 aromatic carbocycles. The minimum absolute atomic E-state index is 0.150. The number of thioether (sulfide) groups is 1. The van der Waals surface area contributed by atoms with Crippen LogP contribution in [-0.4, -0.2) is 31.8 Å². The van der Waals surface area contributed by atoms with Gasteiger partial charge in [0, 0.05) is 30.4 Å². The van der Waals surface area contributed by atoms with E-state index in [0.29, 0.717) is 22.4 Å². The van der Waals surface area contributed by atoms with E-state index in [4.69, 9.17) is 4.74 Å². The molecule has 3 aromatic rings. The lowest BCUT2D eigenvalue weighted by molar-refractivity contribution is -0.118. The van der Waals surface area contributed by atoms with Gasteiger partial charge in [-0.2, -0.15) is 4.98 Å². The number of hydrogen-bond donors (Lipinski definition) is 0. The summed E-state index contributed by atoms with van der Waals surface area (Å²) in [4.78, 5) is 23.0. The fourth-order valence-corrected chi connectivity index (χ4v) is 3.65. The molecule has 1 atom stereocenters. The standard InChI is InChI=1S/C20H19N5O2S/c1-4-28-20-22-18-17(23-24-20)15-10-12(2)7-8-16(15)25(13(3)26)19(27-18)14-6-5-9-21-11-14/h5-11,19H,4H2,1-3H3/t19-/m0/s1. The number of fused-ring (bicyclic) bond motifs is 3. The molecule has 1 aliphatic heterocycles. The highest BCUT2D eigenvalue weighted by molar-refractivity contribution is 7.99. The van der Waals surface area contributed by atoms with E-state index in [0.717, 1.165) is 22.4 Å². The number of rotatable bonds is 3. The van der Waals surface area contributed by atoms with Crippen molar-refractivity contribution in [2.45, 2.75) is 32.2 Å². The zero-order valence-electron chi connectivity index (χ0n) is 15.8. The van der Waals surface area contributed by atoms with Crippen molar-refractivity contribution < 1.29 is 9.53 Å². The van der Waals surface area contributed by atoms with Crippen LogP contribution in [0.25, 0.3) is 11.3 Å². The van der Waals surface area contributed by atoms with Crippen LogP contribution in [0.2, 0.25) is 0 Å². The van der Waals surface area contributed by atoms with Crippen LogP contribution in [0.3, 0.4) is 0 Å². The molecule has 0 N–H and O–H groups in total. The highest BCUT2D eigenvalue weighted by atomic mass is 32.2. The van der Waals surface area contributed by atoms with Gasteiger partial charge < -0.3 is 4.74 Å². The van der Waals surface area contributed by atoms with Crippen molar-refractivity contribution in [3.05, 3.63) is 53.9 Å². The first-order valence-electron chi connectivity index (χ1n) is 8.93. The van der Waals surface area contributed by atoms with Crippen LogP contribution < -0.4 is 9.64 Å². The molecular formula is C20H19N5O2S. The van der Waals surface area contributed by atoms with Gasteiger partial charge in [0.25, 0.3) is 0 Å². The molecule has 0 fully saturated rings. The molecule has 8 heteroatoms. The molecule has 1 amide bonds. The Morgan fingerprint density at radius 3 is 2.86 bits per heavy atom. The van der Waals surface area contributed by atoms with Gasteiger partial charge in [0.05, 0.1) is 5.69 Å². The maximum Gasteiger partial charge on any atom is 0.247 e. The quantitative estimate of drug-likeness (QED) is 0.626. The summed E-state index contributed by atoms with van der Waals surface area (Å²) in [5, 5.41) is 9.15. The monoisotopic (exact) mass is 393 g/mol. The van der Waals surface area contributed by atoms with E-state index in [1.165, 1.54) is 18.7 Å². The molecule has 0 radical (unpaired) electrons. The van der Waals surface area contributed by atoms with Crippen molar-refractivity contribution in [2.75, 3.05) is 10.7 Å². The van der Waals surface area contributed by atoms with E-state index >= 15 is 0 Å². The van der Waals surface area contributed by atoms with Crippen molar-refractivity contribution in [2.24, 2.45) is 0 Å². The van der Waals surface area contributed by atoms with Gasteiger partial charge in [-0.25, -0.2) is 0 Å². The van der Waals surface area contributed by atoms with Crippen molar-refractivity contribution in [1.82, 2.24) is 20.2 Å². The lowest BCUT2D eigenvalue weighted by atomic mass is 10.0. The Morgan fingerprint density at radius 1 is 1.29 bits per heavy atom. The summed E-state index contributed by atoms with van der Waals surface area (Å²) in [6.07, 6.45) is 2.67. The Bertz CT molecular complexity index is 1030. The number of carbonyl (C=O) groups is 1. The van der Waals surface area contributed by atoms with Gasteiger partial charge in [0.1, 0.15) is 0 Å². The lowest BCUT2D eigenvalue weighted by Gasteiger charge is -2.29. The molecule has 0 spiro atoms. The Labute approximate surface area is 167 Å². The van der Waals surface area contributed by atoms with E-state index in [-0.39, 0.29) is 5.91 Å². The third-order valence-corrected chi connectivity index (χ3v) is 5.06. The van der Waals surface area contributed by atoms with Crippen molar-refractivity contribution in [1.29, 1.82) is 0 Å². The fourth-order valence-electron chi connectivity index (χ4n) is 3.15. The molecule has 4 rings (SSSR count). The van der Waals surface area contributed by atoms with Gasteiger partial charge in [-0.15, -0.1) is 10.2 Å². The molecular weight excluding hydrogens is 374 g/mol. The number of anilines is 1. The van der Waals surface area contributed by atoms with E-state index in [1.807, 2.05) is 44.2 Å². The second-order valence-corrected chi connectivity index (χ2v) is 7.58. The molecule has 1 aliphatic rings. The second-order valence-electron chi connectivity index (χ2n) is 6.35. The topological polar surface area (TPSA) is 81.1 Å². The predicted octanol–water partition coefficient (Wildman–Crippen LogP) is 3.80. The van der Waals surface area contributed by atoms with Crippen molar-refractivity contribution in [3.8, 4) is 17.1 Å². The Balaban J connectivity index is 1.97. The SMILES string of the molecule is CCSc1nnc2c(n1)O[C@@H](c1cccnc1)N(C(C)=O)c1ccc(C)cc1-2. The average molecular weight is 393 g/mol. The molecule has 0 saturated carbocycles. The number of carbonyl (C=O) groups excluding carboxylic acids is 1. The van der Waals surface area contributed by atoms with Gasteiger partial charge >= 0.3 is 0 Å². The third kappa shape index (κ3) is 3.31. The number of pyridine rings is 1. The summed E-state index contributed by atoms with van der Waals surface area (Å²) >= 11 is 1.49. The van der Waals surface area contributed by atoms with Crippen LogP contribution >= 0.6 is 11.8 Å². The van der Waals surface area contributed by atoms with E-state index in [2.05, 4.69) is 20.2 Å². The number of amides is 1. The van der Waals surface area contributed by atoms with Crippen molar-refractivity contribution >= 4 is 23.4 Å². The molecule has 28 heavy (non-hydrogen) atoms. The zero-order chi connectivity index (χ0) is 19.7. The highest BCUT2D eigenvalue weighted by Gasteiger charge is 2.34. The van der Waals surface area contributed by atoms with Crippen LogP contribution in [-0.2, 0) is 4.79 Å². The van der Waals surface area contributed by atoms with Gasteiger partial charge in [-0.1, -0.05) is 36.4 Å². The van der Waals surface area contributed by atoms with Crippen LogP contribution in [0.5, 0.6) is 5.88 Å². The summed E-state index contributed by atoms with van der Waals surface area (Å²) in [6.45, 7) is 5.53. The smallest absolute Gasteiger partial charge is 0.247 e. The number of benzene rings is 1. The molecule has 0 unspecified atom stereocenters. The molecule has 0 saturated heterocycles. The van der Waals surface area contributed by atoms with E-state index in [1.54, 1.807) is 17.3 Å². The number of aryl methyl sites for hydroxylation is 1. The van der Waals surface area contributed by atoms with Crippen LogP contribution in [0, 0.1) is 6.92 Å². The van der Waals surface area contributed by atoms with Gasteiger partial charge in [0.2, 0.25) is 23.2 Å². The van der Waals surface area contributed by atoms with Gasteiger partial charge in [-0.3, -0.25) is 14.7 Å². The molecule has 7 nitrogen and oxygen atoms in total. The molecule has 2 aromatic heterocycles. The van der Waals surface area contributed by atoms with Gasteiger partial charge in [-0.05, 0) is 30.9 Å². The van der Waals surface area contributed by atoms with Crippen LogP contribution in [0.15, 0.2) is 47.9 Å². The molecule has 3 heterocycles. The van der Waals surface area contributed by atoms with Gasteiger partial charge in [0.15, 0.2) is 5.69 Å². The minimum atomic E-state index is -0.704. The maximum absolute atomic E-state index is 12.7. The molecule has 142 valence electrons. The third-order valence-electron chi connectivity index (χ3n) is 4.34. The first-order chi connectivity index (χ1) is 13.6.